The molecule has 0 bridgehead atoms. The van der Waals surface area contributed by atoms with E-state index in [1.807, 2.05) is 0 Å². The van der Waals surface area contributed by atoms with Gasteiger partial charge in [-0.1, -0.05) is 17.7 Å². The zero-order valence-corrected chi connectivity index (χ0v) is 14.4. The van der Waals surface area contributed by atoms with Crippen LogP contribution in [0.1, 0.15) is 24.5 Å². The van der Waals surface area contributed by atoms with Gasteiger partial charge in [0.2, 0.25) is 11.8 Å². The normalized spacial score (nSPS) is 16.2. The maximum Gasteiger partial charge on any atom is 0.417 e. The van der Waals surface area contributed by atoms with Gasteiger partial charge >= 0.3 is 6.18 Å². The molecule has 1 saturated heterocycles. The van der Waals surface area contributed by atoms with E-state index >= 15 is 0 Å². The number of rotatable bonds is 2. The van der Waals surface area contributed by atoms with Crippen LogP contribution in [-0.2, 0) is 15.8 Å². The molecule has 1 fully saturated rings. The summed E-state index contributed by atoms with van der Waals surface area (Å²) in [5.41, 5.74) is -0.694. The Hall–Kier alpha value is -2.02. The third kappa shape index (κ3) is 5.22. The number of hydrogen-bond donors (Lipinski definition) is 0. The fourth-order valence-corrected chi connectivity index (χ4v) is 2.81. The summed E-state index contributed by atoms with van der Waals surface area (Å²) in [6.45, 7) is 3.43. The van der Waals surface area contributed by atoms with Crippen molar-refractivity contribution in [2.45, 2.75) is 19.5 Å². The van der Waals surface area contributed by atoms with Crippen molar-refractivity contribution in [3.63, 3.8) is 0 Å². The summed E-state index contributed by atoms with van der Waals surface area (Å²) in [4.78, 5) is 26.9. The summed E-state index contributed by atoms with van der Waals surface area (Å²) in [5.74, 6) is -0.334. The van der Waals surface area contributed by atoms with E-state index in [-0.39, 0.29) is 22.4 Å². The lowest BCUT2D eigenvalue weighted by molar-refractivity contribution is -0.137. The molecule has 136 valence electrons. The van der Waals surface area contributed by atoms with Crippen LogP contribution in [0.2, 0.25) is 5.02 Å². The maximum absolute atomic E-state index is 12.8. The van der Waals surface area contributed by atoms with Crippen LogP contribution in [-0.4, -0.2) is 47.8 Å². The van der Waals surface area contributed by atoms with E-state index in [0.717, 1.165) is 12.1 Å². The van der Waals surface area contributed by atoms with E-state index in [4.69, 9.17) is 11.6 Å². The van der Waals surface area contributed by atoms with Gasteiger partial charge in [-0.05, 0) is 30.2 Å². The molecule has 0 spiro atoms. The summed E-state index contributed by atoms with van der Waals surface area (Å²) >= 11 is 5.57. The smallest absolute Gasteiger partial charge is 0.341 e. The average molecular weight is 375 g/mol. The molecule has 0 aliphatic carbocycles. The lowest BCUT2D eigenvalue weighted by Gasteiger charge is -2.20. The second-order valence-corrected chi connectivity index (χ2v) is 6.16. The summed E-state index contributed by atoms with van der Waals surface area (Å²) in [6, 6.07) is 3.48. The zero-order chi connectivity index (χ0) is 18.6. The van der Waals surface area contributed by atoms with Gasteiger partial charge in [-0.3, -0.25) is 9.59 Å². The van der Waals surface area contributed by atoms with Gasteiger partial charge in [-0.15, -0.1) is 0 Å². The number of amides is 2. The molecule has 2 amide bonds. The summed E-state index contributed by atoms with van der Waals surface area (Å²) < 4.78 is 38.5. The molecule has 8 heteroatoms. The number of halogens is 4. The maximum atomic E-state index is 12.8. The van der Waals surface area contributed by atoms with E-state index in [1.165, 1.54) is 25.1 Å². The second-order valence-electron chi connectivity index (χ2n) is 5.76. The van der Waals surface area contributed by atoms with E-state index in [0.29, 0.717) is 32.6 Å². The minimum Gasteiger partial charge on any atom is -0.341 e. The van der Waals surface area contributed by atoms with Gasteiger partial charge in [0.25, 0.3) is 0 Å². The van der Waals surface area contributed by atoms with E-state index in [1.54, 1.807) is 9.80 Å². The predicted octanol–water partition coefficient (Wildman–Crippen LogP) is 3.45. The molecule has 0 N–H and O–H groups in total. The molecule has 0 saturated carbocycles. The van der Waals surface area contributed by atoms with Crippen molar-refractivity contribution in [3.05, 3.63) is 40.4 Å². The standard InChI is InChI=1S/C17H18ClF3N2O2/c1-12(24)22-7-2-8-23(10-9-22)16(25)6-4-13-3-5-15(18)14(11-13)17(19,20)21/h3-6,11H,2,7-10H2,1H3. The number of carbonyl (C=O) groups excluding carboxylic acids is 2. The third-order valence-electron chi connectivity index (χ3n) is 3.97. The third-order valence-corrected chi connectivity index (χ3v) is 4.30. The van der Waals surface area contributed by atoms with Gasteiger partial charge in [0.1, 0.15) is 0 Å². The van der Waals surface area contributed by atoms with Crippen LogP contribution in [0.5, 0.6) is 0 Å². The van der Waals surface area contributed by atoms with E-state index in [9.17, 15) is 22.8 Å². The highest BCUT2D eigenvalue weighted by Gasteiger charge is 2.33. The van der Waals surface area contributed by atoms with Crippen LogP contribution in [0.25, 0.3) is 6.08 Å². The molecular formula is C17H18ClF3N2O2. The molecular weight excluding hydrogens is 357 g/mol. The minimum absolute atomic E-state index is 0.0364. The van der Waals surface area contributed by atoms with Crippen molar-refractivity contribution in [2.24, 2.45) is 0 Å². The first-order valence-corrected chi connectivity index (χ1v) is 8.15. The zero-order valence-electron chi connectivity index (χ0n) is 13.6. The van der Waals surface area contributed by atoms with Gasteiger partial charge in [0, 0.05) is 39.2 Å². The van der Waals surface area contributed by atoms with Crippen molar-refractivity contribution in [1.29, 1.82) is 0 Å². The van der Waals surface area contributed by atoms with Gasteiger partial charge in [-0.25, -0.2) is 0 Å². The van der Waals surface area contributed by atoms with Crippen LogP contribution >= 0.6 is 11.6 Å². The van der Waals surface area contributed by atoms with Gasteiger partial charge in [0.05, 0.1) is 10.6 Å². The summed E-state index contributed by atoms with van der Waals surface area (Å²) in [7, 11) is 0. The predicted molar refractivity (Wildman–Crippen MR) is 88.9 cm³/mol. The van der Waals surface area contributed by atoms with Crippen LogP contribution < -0.4 is 0 Å². The molecule has 2 rings (SSSR count). The molecule has 1 aliphatic heterocycles. The number of nitrogens with zero attached hydrogens (tertiary/aromatic N) is 2. The largest absolute Gasteiger partial charge is 0.417 e. The number of carbonyl (C=O) groups is 2. The molecule has 0 unspecified atom stereocenters. The fourth-order valence-electron chi connectivity index (χ4n) is 2.59. The highest BCUT2D eigenvalue weighted by Crippen LogP contribution is 2.35. The Morgan fingerprint density at radius 3 is 2.40 bits per heavy atom. The Morgan fingerprint density at radius 2 is 1.76 bits per heavy atom. The molecule has 25 heavy (non-hydrogen) atoms. The van der Waals surface area contributed by atoms with Gasteiger partial charge < -0.3 is 9.80 Å². The SMILES string of the molecule is CC(=O)N1CCCN(C(=O)C=Cc2ccc(Cl)c(C(F)(F)F)c2)CC1. The fraction of sp³-hybridized carbons (Fsp3) is 0.412. The second kappa shape index (κ2) is 7.91. The molecule has 1 aromatic carbocycles. The first-order valence-electron chi connectivity index (χ1n) is 7.78. The van der Waals surface area contributed by atoms with Crippen LogP contribution in [0, 0.1) is 0 Å². The minimum atomic E-state index is -4.55. The molecule has 0 atom stereocenters. The van der Waals surface area contributed by atoms with Crippen molar-refractivity contribution in [1.82, 2.24) is 9.80 Å². The first-order chi connectivity index (χ1) is 11.7. The monoisotopic (exact) mass is 374 g/mol. The lowest BCUT2D eigenvalue weighted by Crippen LogP contribution is -2.35. The highest BCUT2D eigenvalue weighted by atomic mass is 35.5. The Labute approximate surface area is 148 Å². The molecule has 4 nitrogen and oxygen atoms in total. The Morgan fingerprint density at radius 1 is 1.12 bits per heavy atom. The molecule has 0 radical (unpaired) electrons. The molecule has 1 heterocycles. The number of hydrogen-bond acceptors (Lipinski definition) is 2. The Kier molecular flexibility index (Phi) is 6.11. The Balaban J connectivity index is 2.06. The molecule has 1 aliphatic rings. The number of benzene rings is 1. The average Bonchev–Trinajstić information content (AvgIpc) is 2.79. The van der Waals surface area contributed by atoms with Gasteiger partial charge in [-0.2, -0.15) is 13.2 Å². The van der Waals surface area contributed by atoms with Crippen molar-refractivity contribution >= 4 is 29.5 Å². The van der Waals surface area contributed by atoms with Crippen molar-refractivity contribution < 1.29 is 22.8 Å². The van der Waals surface area contributed by atoms with Crippen LogP contribution in [0.15, 0.2) is 24.3 Å². The number of alkyl halides is 3. The van der Waals surface area contributed by atoms with Crippen LogP contribution in [0.4, 0.5) is 13.2 Å². The first kappa shape index (κ1) is 19.3. The van der Waals surface area contributed by atoms with Crippen molar-refractivity contribution in [3.8, 4) is 0 Å². The van der Waals surface area contributed by atoms with E-state index < -0.39 is 11.7 Å². The highest BCUT2D eigenvalue weighted by molar-refractivity contribution is 6.31. The molecule has 1 aromatic rings. The summed E-state index contributed by atoms with van der Waals surface area (Å²) in [5, 5.41) is -0.382. The Bertz CT molecular complexity index is 689. The lowest BCUT2D eigenvalue weighted by atomic mass is 10.1. The summed E-state index contributed by atoms with van der Waals surface area (Å²) in [6.07, 6.45) is -1.31. The van der Waals surface area contributed by atoms with Crippen molar-refractivity contribution in [2.75, 3.05) is 26.2 Å². The molecule has 0 aromatic heterocycles. The van der Waals surface area contributed by atoms with Crippen LogP contribution in [0.3, 0.4) is 0 Å². The quantitative estimate of drug-likeness (QED) is 0.744. The van der Waals surface area contributed by atoms with E-state index in [2.05, 4.69) is 0 Å². The van der Waals surface area contributed by atoms with Gasteiger partial charge in [0.15, 0.2) is 0 Å². The topological polar surface area (TPSA) is 40.6 Å².